The summed E-state index contributed by atoms with van der Waals surface area (Å²) in [5, 5.41) is 48.5. The Bertz CT molecular complexity index is 1700. The largest absolute Gasteiger partial charge is 0.467 e. The minimum absolute atomic E-state index is 0.0617. The Balaban J connectivity index is 1.28. The maximum absolute atomic E-state index is 14.0. The van der Waals surface area contributed by atoms with Crippen LogP contribution in [0, 0.1) is 17.5 Å². The second-order valence-corrected chi connectivity index (χ2v) is 12.2. The van der Waals surface area contributed by atoms with Crippen LogP contribution in [0.15, 0.2) is 43.2 Å². The van der Waals surface area contributed by atoms with Crippen molar-refractivity contribution < 1.29 is 52.2 Å². The highest BCUT2D eigenvalue weighted by Crippen LogP contribution is 2.41. The molecule has 5 heterocycles. The molecule has 256 valence electrons. The first kappa shape index (κ1) is 33.8. The van der Waals surface area contributed by atoms with E-state index in [4.69, 9.17) is 18.9 Å². The number of carbonyl (C=O) groups excluding carboxylic acids is 1. The van der Waals surface area contributed by atoms with Crippen LogP contribution >= 0.6 is 11.8 Å². The SMILES string of the molecule is COC(=O)CO[C@@H]1[C@@H](n2cc(-c3cc(F)c(F)c(F)c3)nn2)[C@@H](O)[C@@H](CO)O[C@H]1S[C@@H]1COC[C@H](n2cc(-c3cncnc3)nn2)[C@H]1O. The first-order valence-corrected chi connectivity index (χ1v) is 15.4. The van der Waals surface area contributed by atoms with Gasteiger partial charge in [-0.3, -0.25) is 0 Å². The van der Waals surface area contributed by atoms with Crippen molar-refractivity contribution in [3.8, 4) is 22.5 Å². The zero-order valence-electron chi connectivity index (χ0n) is 25.0. The van der Waals surface area contributed by atoms with Gasteiger partial charge in [0.05, 0.1) is 50.7 Å². The van der Waals surface area contributed by atoms with Crippen LogP contribution in [0.1, 0.15) is 12.1 Å². The normalized spacial score (nSPS) is 27.6. The lowest BCUT2D eigenvalue weighted by Crippen LogP contribution is -2.57. The van der Waals surface area contributed by atoms with Gasteiger partial charge < -0.3 is 34.3 Å². The number of benzene rings is 1. The van der Waals surface area contributed by atoms with Crippen molar-refractivity contribution in [3.63, 3.8) is 0 Å². The van der Waals surface area contributed by atoms with Gasteiger partial charge in [-0.2, -0.15) is 0 Å². The molecule has 3 aromatic heterocycles. The van der Waals surface area contributed by atoms with Gasteiger partial charge in [-0.1, -0.05) is 10.4 Å². The number of nitrogens with zero attached hydrogens (tertiary/aromatic N) is 8. The Hall–Kier alpha value is -4.05. The summed E-state index contributed by atoms with van der Waals surface area (Å²) in [5.41, 5.74) is -0.182. The van der Waals surface area contributed by atoms with Crippen molar-refractivity contribution in [1.29, 1.82) is 0 Å². The van der Waals surface area contributed by atoms with Gasteiger partial charge in [-0.15, -0.1) is 22.0 Å². The van der Waals surface area contributed by atoms with E-state index in [1.807, 2.05) is 0 Å². The van der Waals surface area contributed by atoms with Crippen LogP contribution in [0.4, 0.5) is 13.2 Å². The molecule has 0 amide bonds. The van der Waals surface area contributed by atoms with E-state index in [-0.39, 0.29) is 24.5 Å². The maximum Gasteiger partial charge on any atom is 0.331 e. The second kappa shape index (κ2) is 14.6. The lowest BCUT2D eigenvalue weighted by molar-refractivity contribution is -0.197. The summed E-state index contributed by atoms with van der Waals surface area (Å²) in [4.78, 5) is 20.1. The third-order valence-electron chi connectivity index (χ3n) is 7.90. The van der Waals surface area contributed by atoms with Crippen LogP contribution < -0.4 is 0 Å². The van der Waals surface area contributed by atoms with Crippen molar-refractivity contribution in [2.45, 2.75) is 47.2 Å². The topological polar surface area (TPSA) is 202 Å². The molecule has 0 spiro atoms. The highest BCUT2D eigenvalue weighted by molar-refractivity contribution is 8.00. The molecule has 16 nitrogen and oxygen atoms in total. The predicted octanol–water partition coefficient (Wildman–Crippen LogP) is 0.322. The van der Waals surface area contributed by atoms with Crippen molar-refractivity contribution in [3.05, 3.63) is 60.7 Å². The molecule has 3 N–H and O–H groups in total. The molecule has 0 bridgehead atoms. The minimum atomic E-state index is -1.65. The van der Waals surface area contributed by atoms with Crippen LogP contribution in [-0.4, -0.2) is 130 Å². The Morgan fingerprint density at radius 2 is 1.67 bits per heavy atom. The fourth-order valence-corrected chi connectivity index (χ4v) is 6.87. The number of hydrogen-bond acceptors (Lipinski definition) is 15. The van der Waals surface area contributed by atoms with Gasteiger partial charge in [-0.05, 0) is 12.1 Å². The molecule has 8 atom stereocenters. The summed E-state index contributed by atoms with van der Waals surface area (Å²) in [6, 6.07) is -0.400. The Morgan fingerprint density at radius 3 is 2.35 bits per heavy atom. The quantitative estimate of drug-likeness (QED) is 0.151. The van der Waals surface area contributed by atoms with E-state index in [1.54, 1.807) is 18.6 Å². The van der Waals surface area contributed by atoms with E-state index in [9.17, 15) is 33.3 Å². The molecule has 2 aliphatic rings. The number of aliphatic hydroxyl groups excluding tert-OH is 3. The molecule has 0 aliphatic carbocycles. The summed E-state index contributed by atoms with van der Waals surface area (Å²) in [6.07, 6.45) is 2.40. The summed E-state index contributed by atoms with van der Waals surface area (Å²) >= 11 is 1.07. The van der Waals surface area contributed by atoms with Gasteiger partial charge in [0.25, 0.3) is 0 Å². The summed E-state index contributed by atoms with van der Waals surface area (Å²) < 4.78 is 66.6. The lowest BCUT2D eigenvalue weighted by atomic mass is 9.97. The molecule has 0 saturated carbocycles. The highest BCUT2D eigenvalue weighted by atomic mass is 32.2. The molecule has 2 fully saturated rings. The molecule has 1 aromatic carbocycles. The predicted molar refractivity (Wildman–Crippen MR) is 156 cm³/mol. The van der Waals surface area contributed by atoms with E-state index in [1.165, 1.54) is 17.2 Å². The van der Waals surface area contributed by atoms with Crippen LogP contribution in [-0.2, 0) is 23.7 Å². The van der Waals surface area contributed by atoms with Gasteiger partial charge >= 0.3 is 5.97 Å². The zero-order chi connectivity index (χ0) is 33.9. The first-order valence-electron chi connectivity index (χ1n) is 14.5. The number of rotatable bonds is 10. The highest BCUT2D eigenvalue weighted by Gasteiger charge is 2.50. The first-order chi connectivity index (χ1) is 23.2. The number of halogens is 3. The number of thioether (sulfide) groups is 1. The lowest BCUT2D eigenvalue weighted by Gasteiger charge is -2.45. The minimum Gasteiger partial charge on any atom is -0.467 e. The number of carbonyl (C=O) groups is 1. The Morgan fingerprint density at radius 1 is 1.00 bits per heavy atom. The van der Waals surface area contributed by atoms with E-state index in [0.29, 0.717) is 11.3 Å². The van der Waals surface area contributed by atoms with Gasteiger partial charge in [0.2, 0.25) is 0 Å². The third-order valence-corrected chi connectivity index (χ3v) is 9.31. The fraction of sp³-hybridized carbons (Fsp3) is 0.464. The summed E-state index contributed by atoms with van der Waals surface area (Å²) in [5.74, 6) is -5.28. The number of ether oxygens (including phenoxy) is 4. The summed E-state index contributed by atoms with van der Waals surface area (Å²) in [7, 11) is 1.16. The van der Waals surface area contributed by atoms with Gasteiger partial charge in [0.1, 0.15) is 60.2 Å². The molecule has 48 heavy (non-hydrogen) atoms. The van der Waals surface area contributed by atoms with Crippen molar-refractivity contribution in [2.24, 2.45) is 0 Å². The van der Waals surface area contributed by atoms with Crippen molar-refractivity contribution in [1.82, 2.24) is 40.0 Å². The molecule has 2 saturated heterocycles. The fourth-order valence-electron chi connectivity index (χ4n) is 5.41. The van der Waals surface area contributed by atoms with E-state index >= 15 is 0 Å². The van der Waals surface area contributed by atoms with Crippen LogP contribution in [0.2, 0.25) is 0 Å². The summed E-state index contributed by atoms with van der Waals surface area (Å²) in [6.45, 7) is -1.06. The average molecular weight is 695 g/mol. The van der Waals surface area contributed by atoms with Crippen molar-refractivity contribution >= 4 is 17.7 Å². The van der Waals surface area contributed by atoms with Crippen LogP contribution in [0.3, 0.4) is 0 Å². The van der Waals surface area contributed by atoms with Gasteiger partial charge in [-0.25, -0.2) is 37.3 Å². The number of esters is 1. The maximum atomic E-state index is 14.0. The molecule has 20 heteroatoms. The number of aliphatic hydroxyl groups is 3. The smallest absolute Gasteiger partial charge is 0.331 e. The zero-order valence-corrected chi connectivity index (χ0v) is 25.8. The standard InChI is InChI=1S/C28H29F3N8O8S/c1-44-22(41)11-46-27-24(39-7-17(34-37-39)13-2-15(29)23(31)16(30)3-13)26(43)20(8-40)47-28(27)48-21-10-45-9-19(25(21)42)38-6-18(35-36-38)14-4-32-12-33-5-14/h2-7,12,19-21,24-28,40,42-43H,8-11H2,1H3/t19-,20+,21+,24-,25+,26-,27+,28-/m0/s1. The third kappa shape index (κ3) is 6.90. The Kier molecular flexibility index (Phi) is 10.3. The van der Waals surface area contributed by atoms with Gasteiger partial charge in [0, 0.05) is 23.5 Å². The number of methoxy groups -OCH3 is 1. The average Bonchev–Trinajstić information content (AvgIpc) is 3.79. The Labute approximate surface area is 273 Å². The molecule has 4 aromatic rings. The molecule has 2 aliphatic heterocycles. The molecule has 0 radical (unpaired) electrons. The van der Waals surface area contributed by atoms with E-state index in [2.05, 4.69) is 30.6 Å². The van der Waals surface area contributed by atoms with Crippen LogP contribution in [0.25, 0.3) is 22.5 Å². The number of hydrogen-bond donors (Lipinski definition) is 3. The van der Waals surface area contributed by atoms with E-state index < -0.39 is 83.8 Å². The van der Waals surface area contributed by atoms with Crippen LogP contribution in [0.5, 0.6) is 0 Å². The van der Waals surface area contributed by atoms with Crippen molar-refractivity contribution in [2.75, 3.05) is 33.5 Å². The van der Waals surface area contributed by atoms with E-state index in [0.717, 1.165) is 35.7 Å². The second-order valence-electron chi connectivity index (χ2n) is 10.9. The molecular weight excluding hydrogens is 665 g/mol. The molecule has 0 unspecified atom stereocenters. The number of aromatic nitrogens is 8. The molecular formula is C28H29F3N8O8S. The monoisotopic (exact) mass is 694 g/mol. The molecule has 6 rings (SSSR count). The van der Waals surface area contributed by atoms with Gasteiger partial charge in [0.15, 0.2) is 17.5 Å².